The Labute approximate surface area is 139 Å². The molecule has 23 heavy (non-hydrogen) atoms. The van der Waals surface area contributed by atoms with Gasteiger partial charge in [0.1, 0.15) is 0 Å². The maximum atomic E-state index is 6.20. The van der Waals surface area contributed by atoms with Crippen LogP contribution in [-0.4, -0.2) is 13.2 Å². The summed E-state index contributed by atoms with van der Waals surface area (Å²) in [4.78, 5) is 0. The Morgan fingerprint density at radius 2 is 1.26 bits per heavy atom. The third-order valence-corrected chi connectivity index (χ3v) is 6.30. The first kappa shape index (κ1) is 15.0. The number of fused-ring (bicyclic) bond motifs is 4. The summed E-state index contributed by atoms with van der Waals surface area (Å²) in [5.41, 5.74) is 6.01. The summed E-state index contributed by atoms with van der Waals surface area (Å²) < 4.78 is 6.20. The molecule has 0 fully saturated rings. The number of hydrogen-bond acceptors (Lipinski definition) is 1. The van der Waals surface area contributed by atoms with Gasteiger partial charge in [0.15, 0.2) is 0 Å². The van der Waals surface area contributed by atoms with Crippen LogP contribution < -0.4 is 0 Å². The summed E-state index contributed by atoms with van der Waals surface area (Å²) in [6.07, 6.45) is 1.27. The lowest BCUT2D eigenvalue weighted by molar-refractivity contribution is 0.00834. The third-order valence-electron chi connectivity index (χ3n) is 6.30. The fourth-order valence-corrected chi connectivity index (χ4v) is 5.65. The zero-order chi connectivity index (χ0) is 16.5. The molecule has 0 radical (unpaired) electrons. The standard InChI is InChI=1S/C22H26O/c1-20(2)14-22(17-12-8-6-10-15(17)20)18-13-9-7-11-16(18)21(3,4)19(22)23-5/h6-13,19H,14H2,1-5H3. The highest BCUT2D eigenvalue weighted by Gasteiger charge is 2.62. The number of ether oxygens (including phenoxy) is 1. The Balaban J connectivity index is 2.09. The molecule has 2 aromatic carbocycles. The van der Waals surface area contributed by atoms with Gasteiger partial charge in [-0.3, -0.25) is 0 Å². The van der Waals surface area contributed by atoms with Crippen molar-refractivity contribution in [1.82, 2.24) is 0 Å². The lowest BCUT2D eigenvalue weighted by atomic mass is 9.70. The van der Waals surface area contributed by atoms with Gasteiger partial charge in [0, 0.05) is 17.9 Å². The van der Waals surface area contributed by atoms with E-state index in [2.05, 4.69) is 76.2 Å². The highest BCUT2D eigenvalue weighted by molar-refractivity contribution is 5.61. The molecule has 1 spiro atoms. The Kier molecular flexibility index (Phi) is 2.91. The molecule has 2 unspecified atom stereocenters. The first-order valence-corrected chi connectivity index (χ1v) is 8.58. The predicted molar refractivity (Wildman–Crippen MR) is 95.1 cm³/mol. The van der Waals surface area contributed by atoms with E-state index < -0.39 is 0 Å². The molecule has 0 amide bonds. The van der Waals surface area contributed by atoms with Crippen LogP contribution in [0.2, 0.25) is 0 Å². The van der Waals surface area contributed by atoms with E-state index in [1.165, 1.54) is 22.3 Å². The molecule has 0 aromatic heterocycles. The summed E-state index contributed by atoms with van der Waals surface area (Å²) in [6, 6.07) is 18.0. The second-order valence-electron chi connectivity index (χ2n) is 8.46. The fraction of sp³-hybridized carbons (Fsp3) is 0.455. The molecular weight excluding hydrogens is 280 g/mol. The van der Waals surface area contributed by atoms with Gasteiger partial charge >= 0.3 is 0 Å². The second kappa shape index (κ2) is 4.48. The highest BCUT2D eigenvalue weighted by atomic mass is 16.5. The molecule has 120 valence electrons. The predicted octanol–water partition coefficient (Wildman–Crippen LogP) is 4.96. The lowest BCUT2D eigenvalue weighted by Gasteiger charge is -2.39. The van der Waals surface area contributed by atoms with E-state index in [-0.39, 0.29) is 22.3 Å². The van der Waals surface area contributed by atoms with E-state index in [9.17, 15) is 0 Å². The summed E-state index contributed by atoms with van der Waals surface area (Å²) in [5, 5.41) is 0. The van der Waals surface area contributed by atoms with Crippen molar-refractivity contribution in [3.63, 3.8) is 0 Å². The van der Waals surface area contributed by atoms with E-state index in [4.69, 9.17) is 4.74 Å². The van der Waals surface area contributed by atoms with Gasteiger partial charge < -0.3 is 4.74 Å². The molecule has 4 rings (SSSR count). The van der Waals surface area contributed by atoms with Crippen LogP contribution in [0.3, 0.4) is 0 Å². The first-order valence-electron chi connectivity index (χ1n) is 8.58. The van der Waals surface area contributed by atoms with Gasteiger partial charge in [0.25, 0.3) is 0 Å². The molecule has 2 atom stereocenters. The Hall–Kier alpha value is -1.60. The van der Waals surface area contributed by atoms with Crippen LogP contribution in [0.4, 0.5) is 0 Å². The van der Waals surface area contributed by atoms with Crippen LogP contribution in [0.1, 0.15) is 56.4 Å². The first-order chi connectivity index (χ1) is 10.9. The van der Waals surface area contributed by atoms with Gasteiger partial charge in [0.05, 0.1) is 6.10 Å². The molecule has 0 saturated carbocycles. The highest BCUT2D eigenvalue weighted by Crippen LogP contribution is 2.63. The SMILES string of the molecule is COC1C(C)(C)c2ccccc2C12CC(C)(C)c1ccccc12. The Morgan fingerprint density at radius 3 is 1.83 bits per heavy atom. The second-order valence-corrected chi connectivity index (χ2v) is 8.46. The largest absolute Gasteiger partial charge is 0.379 e. The minimum atomic E-state index is -0.0328. The lowest BCUT2D eigenvalue weighted by Crippen LogP contribution is -2.45. The minimum Gasteiger partial charge on any atom is -0.379 e. The number of hydrogen-bond donors (Lipinski definition) is 0. The van der Waals surface area contributed by atoms with Crippen molar-refractivity contribution in [3.8, 4) is 0 Å². The van der Waals surface area contributed by atoms with Crippen molar-refractivity contribution < 1.29 is 4.74 Å². The molecule has 2 aromatic rings. The summed E-state index contributed by atoms with van der Waals surface area (Å²) in [7, 11) is 1.88. The van der Waals surface area contributed by atoms with Gasteiger partial charge in [-0.2, -0.15) is 0 Å². The van der Waals surface area contributed by atoms with Crippen LogP contribution >= 0.6 is 0 Å². The van der Waals surface area contributed by atoms with E-state index in [0.717, 1.165) is 6.42 Å². The van der Waals surface area contributed by atoms with Crippen LogP contribution in [0.15, 0.2) is 48.5 Å². The molecule has 1 heteroatoms. The van der Waals surface area contributed by atoms with Crippen LogP contribution in [0.25, 0.3) is 0 Å². The van der Waals surface area contributed by atoms with Crippen molar-refractivity contribution in [2.24, 2.45) is 0 Å². The number of benzene rings is 2. The van der Waals surface area contributed by atoms with Crippen LogP contribution in [0, 0.1) is 0 Å². The molecule has 2 aliphatic rings. The fourth-order valence-electron chi connectivity index (χ4n) is 5.65. The van der Waals surface area contributed by atoms with Crippen molar-refractivity contribution >= 4 is 0 Å². The minimum absolute atomic E-state index is 0.0128. The molecule has 0 N–H and O–H groups in total. The topological polar surface area (TPSA) is 9.23 Å². The molecule has 1 nitrogen and oxygen atoms in total. The number of rotatable bonds is 1. The zero-order valence-corrected chi connectivity index (χ0v) is 14.8. The molecular formula is C22H26O. The van der Waals surface area contributed by atoms with E-state index in [1.807, 2.05) is 7.11 Å². The van der Waals surface area contributed by atoms with Crippen LogP contribution in [0.5, 0.6) is 0 Å². The quantitative estimate of drug-likeness (QED) is 0.723. The van der Waals surface area contributed by atoms with Gasteiger partial charge in [-0.25, -0.2) is 0 Å². The molecule has 0 aliphatic heterocycles. The normalized spacial score (nSPS) is 29.5. The Bertz CT molecular complexity index is 758. The van der Waals surface area contributed by atoms with Gasteiger partial charge in [-0.1, -0.05) is 76.2 Å². The van der Waals surface area contributed by atoms with Gasteiger partial charge in [-0.05, 0) is 34.1 Å². The van der Waals surface area contributed by atoms with Crippen molar-refractivity contribution in [1.29, 1.82) is 0 Å². The van der Waals surface area contributed by atoms with Gasteiger partial charge in [0.2, 0.25) is 0 Å². The molecule has 2 aliphatic carbocycles. The average molecular weight is 306 g/mol. The molecule has 0 bridgehead atoms. The van der Waals surface area contributed by atoms with Crippen molar-refractivity contribution in [3.05, 3.63) is 70.8 Å². The maximum absolute atomic E-state index is 6.20. The van der Waals surface area contributed by atoms with Crippen molar-refractivity contribution in [2.45, 2.75) is 56.5 Å². The Morgan fingerprint density at radius 1 is 0.783 bits per heavy atom. The summed E-state index contributed by atoms with van der Waals surface area (Å²) in [6.45, 7) is 9.42. The third kappa shape index (κ3) is 1.67. The average Bonchev–Trinajstić information content (AvgIpc) is 2.87. The molecule has 0 heterocycles. The zero-order valence-electron chi connectivity index (χ0n) is 14.8. The maximum Gasteiger partial charge on any atom is 0.0800 e. The van der Waals surface area contributed by atoms with E-state index in [0.29, 0.717) is 0 Å². The molecule has 0 saturated heterocycles. The summed E-state index contributed by atoms with van der Waals surface area (Å²) >= 11 is 0. The van der Waals surface area contributed by atoms with E-state index in [1.54, 1.807) is 0 Å². The van der Waals surface area contributed by atoms with Crippen LogP contribution in [-0.2, 0) is 21.0 Å². The van der Waals surface area contributed by atoms with E-state index >= 15 is 0 Å². The van der Waals surface area contributed by atoms with Gasteiger partial charge in [-0.15, -0.1) is 0 Å². The monoisotopic (exact) mass is 306 g/mol. The smallest absolute Gasteiger partial charge is 0.0800 e. The summed E-state index contributed by atoms with van der Waals surface area (Å²) in [5.74, 6) is 0. The number of methoxy groups -OCH3 is 1. The van der Waals surface area contributed by atoms with Crippen molar-refractivity contribution in [2.75, 3.05) is 7.11 Å².